The Morgan fingerprint density at radius 1 is 1.50 bits per heavy atom. The molecule has 2 rings (SSSR count). The average molecular weight is 196 g/mol. The van der Waals surface area contributed by atoms with Crippen molar-refractivity contribution in [1.82, 2.24) is 10.2 Å². The Morgan fingerprint density at radius 3 is 3.00 bits per heavy atom. The fourth-order valence-electron chi connectivity index (χ4n) is 0.862. The van der Waals surface area contributed by atoms with Gasteiger partial charge in [-0.25, -0.2) is 0 Å². The lowest BCUT2D eigenvalue weighted by atomic mass is 10.4. The van der Waals surface area contributed by atoms with Crippen LogP contribution in [0.1, 0.15) is 5.56 Å². The lowest BCUT2D eigenvalue weighted by molar-refractivity contribution is 1.00. The normalized spacial score (nSPS) is 10.4. The van der Waals surface area contributed by atoms with Gasteiger partial charge in [-0.3, -0.25) is 5.10 Å². The largest absolute Gasteiger partial charge is 0.285 e. The standard InChI is InChI=1S/C8H8N2S2/c1-6-3-5-11-8(6)12-7-2-4-9-10-7/h2-5H,1H3,(H,9,10). The number of hydrogen-bond donors (Lipinski definition) is 1. The Morgan fingerprint density at radius 2 is 2.42 bits per heavy atom. The molecule has 2 heterocycles. The van der Waals surface area contributed by atoms with Crippen molar-refractivity contribution in [2.24, 2.45) is 0 Å². The van der Waals surface area contributed by atoms with Crippen LogP contribution in [0.3, 0.4) is 0 Å². The molecule has 0 saturated carbocycles. The molecule has 2 aromatic heterocycles. The predicted octanol–water partition coefficient (Wildman–Crippen LogP) is 2.93. The predicted molar refractivity (Wildman–Crippen MR) is 51.8 cm³/mol. The highest BCUT2D eigenvalue weighted by Gasteiger charge is 2.02. The number of nitrogens with zero attached hydrogens (tertiary/aromatic N) is 1. The molecule has 12 heavy (non-hydrogen) atoms. The first kappa shape index (κ1) is 7.89. The highest BCUT2D eigenvalue weighted by atomic mass is 32.2. The molecule has 62 valence electrons. The number of H-pyrrole nitrogens is 1. The molecule has 0 aromatic carbocycles. The van der Waals surface area contributed by atoms with Crippen LogP contribution in [-0.4, -0.2) is 10.2 Å². The van der Waals surface area contributed by atoms with Gasteiger partial charge in [-0.1, -0.05) is 11.8 Å². The molecule has 0 aliphatic carbocycles. The number of aromatic amines is 1. The summed E-state index contributed by atoms with van der Waals surface area (Å²) >= 11 is 3.46. The van der Waals surface area contributed by atoms with E-state index in [1.165, 1.54) is 9.77 Å². The lowest BCUT2D eigenvalue weighted by Gasteiger charge is -1.93. The first-order valence-corrected chi connectivity index (χ1v) is 5.27. The monoisotopic (exact) mass is 196 g/mol. The molecule has 4 heteroatoms. The highest BCUT2D eigenvalue weighted by Crippen LogP contribution is 2.32. The van der Waals surface area contributed by atoms with Gasteiger partial charge in [-0.15, -0.1) is 11.3 Å². The number of hydrogen-bond acceptors (Lipinski definition) is 3. The Labute approximate surface area is 79.0 Å². The molecule has 0 aliphatic rings. The molecular weight excluding hydrogens is 188 g/mol. The van der Waals surface area contributed by atoms with Crippen molar-refractivity contribution in [2.75, 3.05) is 0 Å². The van der Waals surface area contributed by atoms with E-state index >= 15 is 0 Å². The van der Waals surface area contributed by atoms with Crippen LogP contribution in [0, 0.1) is 6.92 Å². The summed E-state index contributed by atoms with van der Waals surface area (Å²) in [5.41, 5.74) is 1.33. The third kappa shape index (κ3) is 1.54. The molecular formula is C8H8N2S2. The van der Waals surface area contributed by atoms with Crippen molar-refractivity contribution in [2.45, 2.75) is 16.2 Å². The van der Waals surface area contributed by atoms with Gasteiger partial charge < -0.3 is 0 Å². The smallest absolute Gasteiger partial charge is 0.123 e. The maximum Gasteiger partial charge on any atom is 0.123 e. The summed E-state index contributed by atoms with van der Waals surface area (Å²) in [5, 5.41) is 10.0. The summed E-state index contributed by atoms with van der Waals surface area (Å²) in [4.78, 5) is 0. The maximum atomic E-state index is 4.08. The Balaban J connectivity index is 2.20. The number of aromatic nitrogens is 2. The van der Waals surface area contributed by atoms with Gasteiger partial charge in [-0.2, -0.15) is 5.10 Å². The van der Waals surface area contributed by atoms with Crippen molar-refractivity contribution >= 4 is 23.1 Å². The summed E-state index contributed by atoms with van der Waals surface area (Å²) in [7, 11) is 0. The second kappa shape index (κ2) is 3.33. The van der Waals surface area contributed by atoms with Crippen LogP contribution in [0.25, 0.3) is 0 Å². The molecule has 0 bridgehead atoms. The van der Waals surface area contributed by atoms with Crippen LogP contribution in [0.15, 0.2) is 32.9 Å². The van der Waals surface area contributed by atoms with Gasteiger partial charge >= 0.3 is 0 Å². The van der Waals surface area contributed by atoms with E-state index in [2.05, 4.69) is 28.6 Å². The molecule has 1 N–H and O–H groups in total. The molecule has 0 unspecified atom stereocenters. The number of nitrogens with one attached hydrogen (secondary N) is 1. The minimum atomic E-state index is 1.03. The molecule has 0 saturated heterocycles. The fraction of sp³-hybridized carbons (Fsp3) is 0.125. The van der Waals surface area contributed by atoms with Crippen LogP contribution in [0.5, 0.6) is 0 Å². The Kier molecular flexibility index (Phi) is 2.19. The van der Waals surface area contributed by atoms with Gasteiger partial charge in [0.1, 0.15) is 5.03 Å². The SMILES string of the molecule is Cc1ccsc1Sc1cc[nH]n1. The maximum absolute atomic E-state index is 4.08. The van der Waals surface area contributed by atoms with Crippen LogP contribution in [0.2, 0.25) is 0 Å². The summed E-state index contributed by atoms with van der Waals surface area (Å²) in [6, 6.07) is 4.10. The van der Waals surface area contributed by atoms with Crippen molar-refractivity contribution in [3.63, 3.8) is 0 Å². The zero-order valence-electron chi connectivity index (χ0n) is 6.57. The third-order valence-electron chi connectivity index (χ3n) is 1.49. The number of thiophene rings is 1. The lowest BCUT2D eigenvalue weighted by Crippen LogP contribution is -1.71. The van der Waals surface area contributed by atoms with Gasteiger partial charge in [-0.05, 0) is 30.0 Å². The van der Waals surface area contributed by atoms with Crippen molar-refractivity contribution in [3.8, 4) is 0 Å². The van der Waals surface area contributed by atoms with E-state index in [9.17, 15) is 0 Å². The van der Waals surface area contributed by atoms with E-state index in [0.29, 0.717) is 0 Å². The summed E-state index contributed by atoms with van der Waals surface area (Å²) in [6.07, 6.45) is 1.84. The zero-order chi connectivity index (χ0) is 8.39. The fourth-order valence-corrected chi connectivity index (χ4v) is 2.78. The topological polar surface area (TPSA) is 28.7 Å². The third-order valence-corrected chi connectivity index (χ3v) is 3.78. The Hall–Kier alpha value is -0.740. The van der Waals surface area contributed by atoms with Gasteiger partial charge in [0.2, 0.25) is 0 Å². The number of rotatable bonds is 2. The molecule has 0 spiro atoms. The molecule has 0 radical (unpaired) electrons. The average Bonchev–Trinajstić information content (AvgIpc) is 2.65. The van der Waals surface area contributed by atoms with Crippen molar-refractivity contribution < 1.29 is 0 Å². The van der Waals surface area contributed by atoms with Gasteiger partial charge in [0.25, 0.3) is 0 Å². The van der Waals surface area contributed by atoms with Gasteiger partial charge in [0, 0.05) is 6.20 Å². The first-order valence-electron chi connectivity index (χ1n) is 3.58. The molecule has 0 atom stereocenters. The van der Waals surface area contributed by atoms with E-state index in [0.717, 1.165) is 5.03 Å². The van der Waals surface area contributed by atoms with Gasteiger partial charge in [0.05, 0.1) is 4.21 Å². The summed E-state index contributed by atoms with van der Waals surface area (Å²) < 4.78 is 1.32. The Bertz CT molecular complexity index is 351. The van der Waals surface area contributed by atoms with Gasteiger partial charge in [0.15, 0.2) is 0 Å². The quantitative estimate of drug-likeness (QED) is 0.800. The van der Waals surface area contributed by atoms with Crippen LogP contribution >= 0.6 is 23.1 Å². The van der Waals surface area contributed by atoms with E-state index in [1.807, 2.05) is 12.3 Å². The molecule has 0 aliphatic heterocycles. The number of aryl methyl sites for hydroxylation is 1. The molecule has 2 aromatic rings. The van der Waals surface area contributed by atoms with E-state index in [4.69, 9.17) is 0 Å². The minimum Gasteiger partial charge on any atom is -0.285 e. The first-order chi connectivity index (χ1) is 5.86. The summed E-state index contributed by atoms with van der Waals surface area (Å²) in [6.45, 7) is 2.12. The summed E-state index contributed by atoms with van der Waals surface area (Å²) in [5.74, 6) is 0. The second-order valence-electron chi connectivity index (χ2n) is 2.41. The van der Waals surface area contributed by atoms with E-state index in [1.54, 1.807) is 23.1 Å². The van der Waals surface area contributed by atoms with Crippen LogP contribution in [0.4, 0.5) is 0 Å². The van der Waals surface area contributed by atoms with Crippen LogP contribution in [-0.2, 0) is 0 Å². The van der Waals surface area contributed by atoms with Crippen molar-refractivity contribution in [3.05, 3.63) is 29.3 Å². The van der Waals surface area contributed by atoms with E-state index in [-0.39, 0.29) is 0 Å². The highest BCUT2D eigenvalue weighted by molar-refractivity contribution is 8.01. The molecule has 2 nitrogen and oxygen atoms in total. The molecule has 0 fully saturated rings. The van der Waals surface area contributed by atoms with E-state index < -0.39 is 0 Å². The molecule has 0 amide bonds. The van der Waals surface area contributed by atoms with Crippen LogP contribution < -0.4 is 0 Å². The zero-order valence-corrected chi connectivity index (χ0v) is 8.21. The second-order valence-corrected chi connectivity index (χ2v) is 4.61. The van der Waals surface area contributed by atoms with Crippen molar-refractivity contribution in [1.29, 1.82) is 0 Å². The minimum absolute atomic E-state index is 1.03.